The van der Waals surface area contributed by atoms with E-state index in [1.165, 1.54) is 33.9 Å². The SMILES string of the molecule is CN1C(=CC=CC(Cl)=CC=CC2=[N+](C)c3ccccc3C2(C)C)C(C)(C)c2ccccc21. The Balaban J connectivity index is 1.51. The second kappa shape index (κ2) is 8.26. The Morgan fingerprint density at radius 2 is 1.56 bits per heavy atom. The van der Waals surface area contributed by atoms with Gasteiger partial charge in [-0.2, -0.15) is 4.58 Å². The number of halogens is 1. The molecule has 2 aromatic carbocycles. The van der Waals surface area contributed by atoms with Crippen molar-refractivity contribution in [2.45, 2.75) is 38.5 Å². The first-order valence-corrected chi connectivity index (χ1v) is 11.5. The molecule has 2 aliphatic heterocycles. The average molecular weight is 444 g/mol. The van der Waals surface area contributed by atoms with Gasteiger partial charge in [0.05, 0.1) is 5.41 Å². The van der Waals surface area contributed by atoms with E-state index < -0.39 is 0 Å². The number of allylic oxidation sites excluding steroid dienone is 8. The Kier molecular flexibility index (Phi) is 5.77. The second-order valence-electron chi connectivity index (χ2n) is 9.61. The zero-order chi connectivity index (χ0) is 23.1. The number of likely N-dealkylation sites (N-methyl/N-ethyl adjacent to an activating group) is 1. The fraction of sp³-hybridized carbons (Fsp3) is 0.276. The largest absolute Gasteiger partial charge is 0.347 e. The van der Waals surface area contributed by atoms with E-state index in [4.69, 9.17) is 11.6 Å². The van der Waals surface area contributed by atoms with Crippen LogP contribution in [0.5, 0.6) is 0 Å². The highest BCUT2D eigenvalue weighted by Crippen LogP contribution is 2.46. The van der Waals surface area contributed by atoms with Crippen molar-refractivity contribution in [1.82, 2.24) is 0 Å². The molecule has 0 saturated heterocycles. The zero-order valence-corrected chi connectivity index (χ0v) is 20.6. The van der Waals surface area contributed by atoms with Crippen molar-refractivity contribution in [3.05, 3.63) is 107 Å². The van der Waals surface area contributed by atoms with Crippen LogP contribution < -0.4 is 4.90 Å². The van der Waals surface area contributed by atoms with Gasteiger partial charge in [-0.05, 0) is 43.7 Å². The van der Waals surface area contributed by atoms with Gasteiger partial charge in [0.15, 0.2) is 5.71 Å². The molecule has 3 heteroatoms. The van der Waals surface area contributed by atoms with Crippen molar-refractivity contribution in [3.63, 3.8) is 0 Å². The molecule has 0 aromatic heterocycles. The normalized spacial score (nSPS) is 20.7. The Hall–Kier alpha value is -2.84. The molecule has 0 fully saturated rings. The van der Waals surface area contributed by atoms with Crippen LogP contribution in [0.4, 0.5) is 11.4 Å². The van der Waals surface area contributed by atoms with E-state index in [-0.39, 0.29) is 10.8 Å². The Labute approximate surface area is 197 Å². The molecule has 0 amide bonds. The van der Waals surface area contributed by atoms with Crippen LogP contribution in [-0.2, 0) is 10.8 Å². The van der Waals surface area contributed by atoms with E-state index in [1.54, 1.807) is 0 Å². The van der Waals surface area contributed by atoms with E-state index in [9.17, 15) is 0 Å². The van der Waals surface area contributed by atoms with Crippen molar-refractivity contribution in [3.8, 4) is 0 Å². The van der Waals surface area contributed by atoms with Crippen molar-refractivity contribution in [2.24, 2.45) is 0 Å². The van der Waals surface area contributed by atoms with Crippen molar-refractivity contribution in [1.29, 1.82) is 0 Å². The lowest BCUT2D eigenvalue weighted by Gasteiger charge is -2.23. The number of hydrogen-bond donors (Lipinski definition) is 0. The number of para-hydroxylation sites is 2. The van der Waals surface area contributed by atoms with Crippen LogP contribution >= 0.6 is 11.6 Å². The lowest BCUT2D eigenvalue weighted by molar-refractivity contribution is -0.401. The van der Waals surface area contributed by atoms with Crippen LogP contribution in [0.25, 0.3) is 0 Å². The summed E-state index contributed by atoms with van der Waals surface area (Å²) < 4.78 is 2.27. The van der Waals surface area contributed by atoms with Gasteiger partial charge in [-0.15, -0.1) is 0 Å². The van der Waals surface area contributed by atoms with Crippen LogP contribution in [-0.4, -0.2) is 24.4 Å². The summed E-state index contributed by atoms with van der Waals surface area (Å²) >= 11 is 6.50. The molecule has 2 nitrogen and oxygen atoms in total. The molecule has 0 N–H and O–H groups in total. The monoisotopic (exact) mass is 443 g/mol. The quantitative estimate of drug-likeness (QED) is 0.356. The zero-order valence-electron chi connectivity index (χ0n) is 19.9. The summed E-state index contributed by atoms with van der Waals surface area (Å²) in [6.07, 6.45) is 12.3. The van der Waals surface area contributed by atoms with E-state index >= 15 is 0 Å². The molecule has 2 aromatic rings. The molecule has 0 radical (unpaired) electrons. The lowest BCUT2D eigenvalue weighted by Crippen LogP contribution is -2.26. The van der Waals surface area contributed by atoms with Gasteiger partial charge in [-0.25, -0.2) is 0 Å². The smallest absolute Gasteiger partial charge is 0.209 e. The Morgan fingerprint density at radius 3 is 2.25 bits per heavy atom. The average Bonchev–Trinajstić information content (AvgIpc) is 3.08. The number of benzene rings is 2. The van der Waals surface area contributed by atoms with Crippen LogP contribution in [0.2, 0.25) is 0 Å². The van der Waals surface area contributed by atoms with Gasteiger partial charge >= 0.3 is 0 Å². The summed E-state index contributed by atoms with van der Waals surface area (Å²) in [6, 6.07) is 17.2. The number of anilines is 1. The summed E-state index contributed by atoms with van der Waals surface area (Å²) in [7, 11) is 4.26. The summed E-state index contributed by atoms with van der Waals surface area (Å²) in [6.45, 7) is 9.07. The number of hydrogen-bond acceptors (Lipinski definition) is 1. The number of nitrogens with zero attached hydrogens (tertiary/aromatic N) is 2. The summed E-state index contributed by atoms with van der Waals surface area (Å²) in [5.74, 6) is 0. The molecule has 0 spiro atoms. The molecule has 32 heavy (non-hydrogen) atoms. The fourth-order valence-electron chi connectivity index (χ4n) is 5.12. The van der Waals surface area contributed by atoms with Crippen molar-refractivity contribution in [2.75, 3.05) is 19.0 Å². The summed E-state index contributed by atoms with van der Waals surface area (Å²) in [4.78, 5) is 2.27. The van der Waals surface area contributed by atoms with E-state index in [1.807, 2.05) is 24.3 Å². The third-order valence-corrected chi connectivity index (χ3v) is 7.15. The van der Waals surface area contributed by atoms with E-state index in [2.05, 4.69) is 112 Å². The van der Waals surface area contributed by atoms with E-state index in [0.717, 1.165) is 0 Å². The minimum absolute atomic E-state index is 0.0317. The first kappa shape index (κ1) is 22.4. The van der Waals surface area contributed by atoms with Crippen LogP contribution in [0.1, 0.15) is 38.8 Å². The molecule has 4 rings (SSSR count). The Morgan fingerprint density at radius 1 is 0.906 bits per heavy atom. The number of fused-ring (bicyclic) bond motifs is 2. The van der Waals surface area contributed by atoms with Gasteiger partial charge in [0, 0.05) is 46.6 Å². The Bertz CT molecular complexity index is 1210. The summed E-state index contributed by atoms with van der Waals surface area (Å²) in [5, 5.41) is 0.700. The van der Waals surface area contributed by atoms with Crippen LogP contribution in [0.15, 0.2) is 95.7 Å². The van der Waals surface area contributed by atoms with Crippen LogP contribution in [0, 0.1) is 0 Å². The fourth-order valence-corrected chi connectivity index (χ4v) is 5.27. The predicted octanol–water partition coefficient (Wildman–Crippen LogP) is 7.24. The molecule has 0 atom stereocenters. The standard InChI is InChI=1S/C29H32ClN2/c1-28(2)22-15-7-9-17-24(22)31(5)26(28)19-11-13-21(30)14-12-20-27-29(3,4)23-16-8-10-18-25(23)32(27)6/h7-20H,1-6H3/q+1. The second-order valence-corrected chi connectivity index (χ2v) is 10.0. The molecule has 0 aliphatic carbocycles. The summed E-state index contributed by atoms with van der Waals surface area (Å²) in [5.41, 5.74) is 7.70. The van der Waals surface area contributed by atoms with E-state index in [0.29, 0.717) is 5.03 Å². The molecule has 0 bridgehead atoms. The first-order valence-electron chi connectivity index (χ1n) is 11.1. The van der Waals surface area contributed by atoms with Crippen LogP contribution in [0.3, 0.4) is 0 Å². The first-order chi connectivity index (χ1) is 15.2. The maximum atomic E-state index is 6.50. The number of rotatable bonds is 4. The molecule has 0 unspecified atom stereocenters. The van der Waals surface area contributed by atoms with Gasteiger partial charge in [0.2, 0.25) is 5.69 Å². The van der Waals surface area contributed by atoms with Crippen molar-refractivity contribution < 1.29 is 4.58 Å². The topological polar surface area (TPSA) is 6.25 Å². The minimum atomic E-state index is -0.0317. The molecule has 164 valence electrons. The highest BCUT2D eigenvalue weighted by Gasteiger charge is 2.42. The van der Waals surface area contributed by atoms with Gasteiger partial charge in [0.1, 0.15) is 7.05 Å². The molecular formula is C29H32ClN2+. The lowest BCUT2D eigenvalue weighted by atomic mass is 9.81. The third kappa shape index (κ3) is 3.67. The highest BCUT2D eigenvalue weighted by atomic mass is 35.5. The molecular weight excluding hydrogens is 412 g/mol. The molecule has 2 heterocycles. The van der Waals surface area contributed by atoms with Gasteiger partial charge in [-0.1, -0.05) is 74.0 Å². The maximum absolute atomic E-state index is 6.50. The highest BCUT2D eigenvalue weighted by molar-refractivity contribution is 6.31. The molecule has 0 saturated carbocycles. The minimum Gasteiger partial charge on any atom is -0.347 e. The van der Waals surface area contributed by atoms with Crippen molar-refractivity contribution >= 4 is 28.7 Å². The van der Waals surface area contributed by atoms with Gasteiger partial charge in [0.25, 0.3) is 0 Å². The third-order valence-electron chi connectivity index (χ3n) is 6.90. The van der Waals surface area contributed by atoms with Gasteiger partial charge in [-0.3, -0.25) is 0 Å². The van der Waals surface area contributed by atoms with Gasteiger partial charge < -0.3 is 4.90 Å². The maximum Gasteiger partial charge on any atom is 0.209 e. The molecule has 2 aliphatic rings. The predicted molar refractivity (Wildman–Crippen MR) is 138 cm³/mol.